The molecule has 0 aliphatic heterocycles. The Kier molecular flexibility index (Phi) is 5.19. The number of hydrogen-bond acceptors (Lipinski definition) is 2. The number of hydrogen-bond donors (Lipinski definition) is 0. The number of carbonyl (C=O) groups excluding carboxylic acids is 1. The van der Waals surface area contributed by atoms with Gasteiger partial charge in [-0.05, 0) is 63.1 Å². The minimum Gasteiger partial charge on any atom is -0.287 e. The van der Waals surface area contributed by atoms with Crippen molar-refractivity contribution in [2.75, 3.05) is 0 Å². The van der Waals surface area contributed by atoms with Crippen LogP contribution in [-0.2, 0) is 6.54 Å². The molecule has 0 spiro atoms. The summed E-state index contributed by atoms with van der Waals surface area (Å²) < 4.78 is 4.31. The van der Waals surface area contributed by atoms with E-state index in [4.69, 9.17) is 0 Å². The standard InChI is InChI=1S/C13H11Br2IN2O/c1-2-5-18-12(11(15)7-17-18)13(19)9-6-8(16)3-4-10(9)14/h3-4,6-7H,2,5H2,1H3. The van der Waals surface area contributed by atoms with Crippen LogP contribution >= 0.6 is 54.5 Å². The van der Waals surface area contributed by atoms with Gasteiger partial charge in [0.15, 0.2) is 0 Å². The second-order valence-corrected chi connectivity index (χ2v) is 6.97. The first-order valence-corrected chi connectivity index (χ1v) is 8.42. The van der Waals surface area contributed by atoms with Crippen molar-refractivity contribution >= 4 is 60.2 Å². The Hall–Kier alpha value is -0.210. The summed E-state index contributed by atoms with van der Waals surface area (Å²) in [4.78, 5) is 12.7. The predicted molar refractivity (Wildman–Crippen MR) is 90.5 cm³/mol. The lowest BCUT2D eigenvalue weighted by atomic mass is 10.1. The average Bonchev–Trinajstić information content (AvgIpc) is 2.73. The summed E-state index contributed by atoms with van der Waals surface area (Å²) in [7, 11) is 0. The lowest BCUT2D eigenvalue weighted by Gasteiger charge is -2.08. The maximum atomic E-state index is 12.7. The molecule has 0 unspecified atom stereocenters. The molecule has 100 valence electrons. The lowest BCUT2D eigenvalue weighted by molar-refractivity contribution is 0.102. The highest BCUT2D eigenvalue weighted by Gasteiger charge is 2.20. The Morgan fingerprint density at radius 2 is 2.11 bits per heavy atom. The number of ketones is 1. The molecule has 0 radical (unpaired) electrons. The number of rotatable bonds is 4. The van der Waals surface area contributed by atoms with Gasteiger partial charge >= 0.3 is 0 Å². The first kappa shape index (κ1) is 15.2. The summed E-state index contributed by atoms with van der Waals surface area (Å²) in [5, 5.41) is 4.24. The van der Waals surface area contributed by atoms with Crippen LogP contribution in [0.15, 0.2) is 33.3 Å². The molecule has 0 atom stereocenters. The minimum atomic E-state index is -0.0248. The Morgan fingerprint density at radius 3 is 2.79 bits per heavy atom. The van der Waals surface area contributed by atoms with Crippen molar-refractivity contribution in [3.8, 4) is 0 Å². The molecule has 0 aliphatic carbocycles. The van der Waals surface area contributed by atoms with Crippen LogP contribution in [-0.4, -0.2) is 15.6 Å². The molecule has 0 saturated carbocycles. The van der Waals surface area contributed by atoms with Gasteiger partial charge in [-0.15, -0.1) is 0 Å². The van der Waals surface area contributed by atoms with Crippen molar-refractivity contribution in [1.82, 2.24) is 9.78 Å². The molecule has 0 fully saturated rings. The van der Waals surface area contributed by atoms with Crippen molar-refractivity contribution in [1.29, 1.82) is 0 Å². The van der Waals surface area contributed by atoms with Gasteiger partial charge in [0.1, 0.15) is 5.69 Å². The van der Waals surface area contributed by atoms with Crippen molar-refractivity contribution in [2.45, 2.75) is 19.9 Å². The van der Waals surface area contributed by atoms with Crippen LogP contribution < -0.4 is 0 Å². The van der Waals surface area contributed by atoms with E-state index in [0.717, 1.165) is 25.5 Å². The maximum Gasteiger partial charge on any atom is 0.213 e. The zero-order valence-electron chi connectivity index (χ0n) is 10.2. The molecular formula is C13H11Br2IN2O. The van der Waals surface area contributed by atoms with Crippen molar-refractivity contribution < 1.29 is 4.79 Å². The van der Waals surface area contributed by atoms with E-state index in [-0.39, 0.29) is 5.78 Å². The van der Waals surface area contributed by atoms with E-state index in [1.165, 1.54) is 0 Å². The van der Waals surface area contributed by atoms with Crippen molar-refractivity contribution in [3.63, 3.8) is 0 Å². The summed E-state index contributed by atoms with van der Waals surface area (Å²) in [5.74, 6) is -0.0248. The summed E-state index contributed by atoms with van der Waals surface area (Å²) in [6.45, 7) is 2.79. The van der Waals surface area contributed by atoms with Crippen molar-refractivity contribution in [3.05, 3.63) is 48.2 Å². The van der Waals surface area contributed by atoms with E-state index in [2.05, 4.69) is 66.5 Å². The highest BCUT2D eigenvalue weighted by Crippen LogP contribution is 2.26. The van der Waals surface area contributed by atoms with Gasteiger partial charge < -0.3 is 0 Å². The minimum absolute atomic E-state index is 0.0248. The van der Waals surface area contributed by atoms with E-state index in [1.807, 2.05) is 18.2 Å². The third-order valence-electron chi connectivity index (χ3n) is 2.62. The molecule has 1 aromatic heterocycles. The number of benzene rings is 1. The number of aryl methyl sites for hydroxylation is 1. The molecule has 3 nitrogen and oxygen atoms in total. The highest BCUT2D eigenvalue weighted by molar-refractivity contribution is 14.1. The van der Waals surface area contributed by atoms with Crippen LogP contribution in [0, 0.1) is 3.57 Å². The SMILES string of the molecule is CCCn1ncc(Br)c1C(=O)c1cc(I)ccc1Br. The molecule has 0 amide bonds. The predicted octanol–water partition coefficient (Wildman–Crippen LogP) is 4.65. The van der Waals surface area contributed by atoms with Gasteiger partial charge in [-0.25, -0.2) is 0 Å². The number of carbonyl (C=O) groups is 1. The normalized spacial score (nSPS) is 10.7. The van der Waals surface area contributed by atoms with Gasteiger partial charge in [0.25, 0.3) is 0 Å². The number of aromatic nitrogens is 2. The second-order valence-electron chi connectivity index (χ2n) is 4.02. The van der Waals surface area contributed by atoms with Crippen LogP contribution in [0.4, 0.5) is 0 Å². The lowest BCUT2D eigenvalue weighted by Crippen LogP contribution is -2.12. The molecule has 0 saturated heterocycles. The molecule has 0 bridgehead atoms. The molecular weight excluding hydrogens is 487 g/mol. The van der Waals surface area contributed by atoms with Crippen LogP contribution in [0.1, 0.15) is 29.4 Å². The summed E-state index contributed by atoms with van der Waals surface area (Å²) in [6.07, 6.45) is 2.60. The highest BCUT2D eigenvalue weighted by atomic mass is 127. The van der Waals surface area contributed by atoms with E-state index < -0.39 is 0 Å². The Labute approximate surface area is 142 Å². The van der Waals surface area contributed by atoms with Gasteiger partial charge in [-0.2, -0.15) is 5.10 Å². The van der Waals surface area contributed by atoms with Crippen LogP contribution in [0.5, 0.6) is 0 Å². The molecule has 19 heavy (non-hydrogen) atoms. The van der Waals surface area contributed by atoms with E-state index in [1.54, 1.807) is 10.9 Å². The fourth-order valence-electron chi connectivity index (χ4n) is 1.77. The van der Waals surface area contributed by atoms with Gasteiger partial charge in [-0.1, -0.05) is 22.9 Å². The third-order valence-corrected chi connectivity index (χ3v) is 4.56. The van der Waals surface area contributed by atoms with E-state index in [9.17, 15) is 4.79 Å². The molecule has 0 N–H and O–H groups in total. The summed E-state index contributed by atoms with van der Waals surface area (Å²) in [5.41, 5.74) is 1.26. The first-order chi connectivity index (χ1) is 9.04. The molecule has 2 rings (SSSR count). The van der Waals surface area contributed by atoms with Crippen LogP contribution in [0.3, 0.4) is 0 Å². The smallest absolute Gasteiger partial charge is 0.213 e. The van der Waals surface area contributed by atoms with Gasteiger partial charge in [0.2, 0.25) is 5.78 Å². The monoisotopic (exact) mass is 496 g/mol. The Morgan fingerprint density at radius 1 is 1.37 bits per heavy atom. The van der Waals surface area contributed by atoms with Gasteiger partial charge in [0.05, 0.1) is 10.7 Å². The van der Waals surface area contributed by atoms with Crippen molar-refractivity contribution in [2.24, 2.45) is 0 Å². The zero-order chi connectivity index (χ0) is 14.0. The molecule has 1 aromatic carbocycles. The van der Waals surface area contributed by atoms with Crippen LogP contribution in [0.2, 0.25) is 0 Å². The summed E-state index contributed by atoms with van der Waals surface area (Å²) in [6, 6.07) is 5.73. The number of halogens is 3. The largest absolute Gasteiger partial charge is 0.287 e. The second kappa shape index (κ2) is 6.49. The first-order valence-electron chi connectivity index (χ1n) is 5.75. The average molecular weight is 498 g/mol. The van der Waals surface area contributed by atoms with Gasteiger partial charge in [0, 0.05) is 20.2 Å². The van der Waals surface area contributed by atoms with Crippen LogP contribution in [0.25, 0.3) is 0 Å². The third kappa shape index (κ3) is 3.28. The molecule has 6 heteroatoms. The Balaban J connectivity index is 2.49. The quantitative estimate of drug-likeness (QED) is 0.455. The summed E-state index contributed by atoms with van der Waals surface area (Å²) >= 11 is 9.04. The fraction of sp³-hybridized carbons (Fsp3) is 0.231. The van der Waals surface area contributed by atoms with Gasteiger partial charge in [-0.3, -0.25) is 9.48 Å². The zero-order valence-corrected chi connectivity index (χ0v) is 15.5. The maximum absolute atomic E-state index is 12.7. The fourth-order valence-corrected chi connectivity index (χ4v) is 3.16. The number of nitrogens with zero attached hydrogens (tertiary/aromatic N) is 2. The van der Waals surface area contributed by atoms with E-state index in [0.29, 0.717) is 11.3 Å². The Bertz CT molecular complexity index is 625. The topological polar surface area (TPSA) is 34.9 Å². The molecule has 1 heterocycles. The van der Waals surface area contributed by atoms with E-state index >= 15 is 0 Å². The molecule has 0 aliphatic rings. The molecule has 2 aromatic rings.